The van der Waals surface area contributed by atoms with Crippen LogP contribution in [-0.2, 0) is 38.3 Å². The van der Waals surface area contributed by atoms with Gasteiger partial charge in [-0.15, -0.1) is 0 Å². The Labute approximate surface area is 206 Å². The predicted octanol–water partition coefficient (Wildman–Crippen LogP) is 2.04. The summed E-state index contributed by atoms with van der Waals surface area (Å²) >= 11 is 0. The fourth-order valence-corrected chi connectivity index (χ4v) is 5.65. The van der Waals surface area contributed by atoms with Gasteiger partial charge in [-0.1, -0.05) is 54.6 Å². The van der Waals surface area contributed by atoms with Gasteiger partial charge in [0.1, 0.15) is 6.10 Å². The van der Waals surface area contributed by atoms with Crippen molar-refractivity contribution in [1.29, 1.82) is 0 Å². The Hall–Kier alpha value is -2.74. The van der Waals surface area contributed by atoms with Gasteiger partial charge < -0.3 is 24.8 Å². The molecule has 2 fully saturated rings. The summed E-state index contributed by atoms with van der Waals surface area (Å²) in [5.41, 5.74) is 3.56. The molecular formula is C28H34N2O5. The molecular weight excluding hydrogens is 444 g/mol. The van der Waals surface area contributed by atoms with Gasteiger partial charge in [-0.2, -0.15) is 0 Å². The second kappa shape index (κ2) is 10.9. The number of aliphatic hydroxyl groups excluding tert-OH is 1. The molecule has 0 radical (unpaired) electrons. The highest BCUT2D eigenvalue weighted by Gasteiger charge is 2.40. The zero-order valence-electron chi connectivity index (χ0n) is 20.0. The van der Waals surface area contributed by atoms with Crippen LogP contribution in [0.3, 0.4) is 0 Å². The van der Waals surface area contributed by atoms with E-state index in [1.54, 1.807) is 4.90 Å². The summed E-state index contributed by atoms with van der Waals surface area (Å²) in [6.07, 6.45) is 2.47. The number of hydrogen-bond acceptors (Lipinski definition) is 5. The largest absolute Gasteiger partial charge is 0.389 e. The Kier molecular flexibility index (Phi) is 7.46. The van der Waals surface area contributed by atoms with Crippen LogP contribution in [0.5, 0.6) is 0 Å². The van der Waals surface area contributed by atoms with Crippen molar-refractivity contribution in [3.63, 3.8) is 0 Å². The molecule has 0 saturated carbocycles. The molecule has 0 aromatic heterocycles. The summed E-state index contributed by atoms with van der Waals surface area (Å²) in [4.78, 5) is 27.8. The van der Waals surface area contributed by atoms with Gasteiger partial charge in [0.25, 0.3) is 0 Å². The van der Waals surface area contributed by atoms with Gasteiger partial charge in [-0.3, -0.25) is 9.59 Å². The fraction of sp³-hybridized carbons (Fsp3) is 0.500. The van der Waals surface area contributed by atoms with E-state index < -0.39 is 6.10 Å². The Morgan fingerprint density at radius 3 is 2.43 bits per heavy atom. The smallest absolute Gasteiger partial charge is 0.227 e. The van der Waals surface area contributed by atoms with Crippen molar-refractivity contribution in [3.05, 3.63) is 71.3 Å². The average molecular weight is 479 g/mol. The van der Waals surface area contributed by atoms with Crippen molar-refractivity contribution in [3.8, 4) is 0 Å². The number of nitrogens with zero attached hydrogens (tertiary/aromatic N) is 1. The minimum absolute atomic E-state index is 0.00505. The Balaban J connectivity index is 1.18. The van der Waals surface area contributed by atoms with Crippen molar-refractivity contribution < 1.29 is 24.2 Å². The van der Waals surface area contributed by atoms with Crippen molar-refractivity contribution in [1.82, 2.24) is 10.2 Å². The molecule has 5 rings (SSSR count). The number of carbonyl (C=O) groups is 2. The van der Waals surface area contributed by atoms with Crippen molar-refractivity contribution in [2.24, 2.45) is 0 Å². The normalized spacial score (nSPS) is 26.8. The van der Waals surface area contributed by atoms with Crippen LogP contribution in [0, 0.1) is 0 Å². The molecule has 3 aliphatic rings. The van der Waals surface area contributed by atoms with E-state index >= 15 is 0 Å². The van der Waals surface area contributed by atoms with Crippen molar-refractivity contribution in [2.75, 3.05) is 19.8 Å². The molecule has 2 aliphatic heterocycles. The number of rotatable bonds is 5. The lowest BCUT2D eigenvalue weighted by Crippen LogP contribution is -2.58. The average Bonchev–Trinajstić information content (AvgIpc) is 3.24. The molecule has 4 atom stereocenters. The minimum Gasteiger partial charge on any atom is -0.389 e. The Morgan fingerprint density at radius 1 is 0.971 bits per heavy atom. The molecule has 0 bridgehead atoms. The van der Waals surface area contributed by atoms with Gasteiger partial charge in [0.15, 0.2) is 0 Å². The quantitative estimate of drug-likeness (QED) is 0.687. The van der Waals surface area contributed by atoms with Crippen LogP contribution in [0.2, 0.25) is 0 Å². The molecule has 2 N–H and O–H groups in total. The van der Waals surface area contributed by atoms with E-state index in [0.29, 0.717) is 25.9 Å². The van der Waals surface area contributed by atoms with Crippen molar-refractivity contribution >= 4 is 11.8 Å². The molecule has 2 aromatic rings. The van der Waals surface area contributed by atoms with Crippen molar-refractivity contribution in [2.45, 2.75) is 68.9 Å². The first-order valence-corrected chi connectivity index (χ1v) is 12.7. The van der Waals surface area contributed by atoms with E-state index in [4.69, 9.17) is 9.47 Å². The maximum atomic E-state index is 13.2. The van der Waals surface area contributed by atoms with Crippen LogP contribution >= 0.6 is 0 Å². The Bertz CT molecular complexity index is 1000. The Morgan fingerprint density at radius 2 is 1.69 bits per heavy atom. The number of ether oxygens (including phenoxy) is 2. The predicted molar refractivity (Wildman–Crippen MR) is 131 cm³/mol. The third kappa shape index (κ3) is 5.92. The molecule has 0 spiro atoms. The maximum Gasteiger partial charge on any atom is 0.227 e. The number of fused-ring (bicyclic) bond motifs is 2. The molecule has 2 aromatic carbocycles. The molecule has 7 heteroatoms. The highest BCUT2D eigenvalue weighted by Crippen LogP contribution is 2.29. The summed E-state index contributed by atoms with van der Waals surface area (Å²) in [7, 11) is 0. The first-order chi connectivity index (χ1) is 17.0. The van der Waals surface area contributed by atoms with E-state index in [9.17, 15) is 14.7 Å². The van der Waals surface area contributed by atoms with Gasteiger partial charge in [0.05, 0.1) is 44.3 Å². The summed E-state index contributed by atoms with van der Waals surface area (Å²) in [5.74, 6) is -0.0156. The van der Waals surface area contributed by atoms with E-state index in [1.807, 2.05) is 42.5 Å². The summed E-state index contributed by atoms with van der Waals surface area (Å²) in [6.45, 7) is 0.686. The van der Waals surface area contributed by atoms with Crippen LogP contribution in [0.25, 0.3) is 0 Å². The number of nitrogens with one attached hydrogen (secondary N) is 1. The molecule has 2 amide bonds. The zero-order valence-corrected chi connectivity index (χ0v) is 20.0. The van der Waals surface area contributed by atoms with Crippen LogP contribution in [-0.4, -0.2) is 72.0 Å². The summed E-state index contributed by atoms with van der Waals surface area (Å²) in [6, 6.07) is 17.9. The third-order valence-electron chi connectivity index (χ3n) is 7.33. The summed E-state index contributed by atoms with van der Waals surface area (Å²) in [5, 5.41) is 13.5. The van der Waals surface area contributed by atoms with Gasteiger partial charge in [-0.05, 0) is 42.4 Å². The number of carbonyl (C=O) groups excluding carboxylic acids is 2. The number of β-amino-alcohol motifs (C(OH)–C–C–N with tert-alkyl or cyclic N) is 1. The number of amides is 2. The number of hydrogen-bond donors (Lipinski definition) is 2. The molecule has 2 heterocycles. The lowest BCUT2D eigenvalue weighted by molar-refractivity contribution is -0.169. The van der Waals surface area contributed by atoms with Gasteiger partial charge in [0, 0.05) is 12.6 Å². The second-order valence-electron chi connectivity index (χ2n) is 9.99. The first kappa shape index (κ1) is 24.0. The molecule has 1 aliphatic carbocycles. The second-order valence-corrected chi connectivity index (χ2v) is 9.99. The van der Waals surface area contributed by atoms with E-state index in [-0.39, 0.29) is 55.7 Å². The highest BCUT2D eigenvalue weighted by molar-refractivity contribution is 5.79. The maximum absolute atomic E-state index is 13.2. The van der Waals surface area contributed by atoms with E-state index in [0.717, 1.165) is 18.4 Å². The first-order valence-electron chi connectivity index (χ1n) is 12.7. The van der Waals surface area contributed by atoms with Crippen LogP contribution < -0.4 is 5.32 Å². The van der Waals surface area contributed by atoms with E-state index in [2.05, 4.69) is 17.4 Å². The molecule has 2 saturated heterocycles. The van der Waals surface area contributed by atoms with Gasteiger partial charge in [0.2, 0.25) is 11.8 Å². The number of benzene rings is 2. The SMILES string of the molecule is O=C(C[C@H]1CC[C@H]2[C@@H](COC[C@@H](O)CN2C(=O)Cc2ccccc2)O1)NC1Cc2ccccc2C1. The molecule has 186 valence electrons. The monoisotopic (exact) mass is 478 g/mol. The van der Waals surface area contributed by atoms with E-state index in [1.165, 1.54) is 11.1 Å². The lowest BCUT2D eigenvalue weighted by atomic mass is 9.94. The zero-order chi connectivity index (χ0) is 24.2. The van der Waals surface area contributed by atoms with Crippen LogP contribution in [0.1, 0.15) is 36.0 Å². The fourth-order valence-electron chi connectivity index (χ4n) is 5.65. The third-order valence-corrected chi connectivity index (χ3v) is 7.33. The van der Waals surface area contributed by atoms with Crippen LogP contribution in [0.15, 0.2) is 54.6 Å². The molecule has 0 unspecified atom stereocenters. The number of aliphatic hydroxyl groups is 1. The van der Waals surface area contributed by atoms with Crippen LogP contribution in [0.4, 0.5) is 0 Å². The molecule has 35 heavy (non-hydrogen) atoms. The minimum atomic E-state index is -0.727. The highest BCUT2D eigenvalue weighted by atomic mass is 16.5. The van der Waals surface area contributed by atoms with Gasteiger partial charge in [-0.25, -0.2) is 0 Å². The lowest BCUT2D eigenvalue weighted by Gasteiger charge is -2.44. The topological polar surface area (TPSA) is 88.1 Å². The molecule has 7 nitrogen and oxygen atoms in total. The van der Waals surface area contributed by atoms with Gasteiger partial charge >= 0.3 is 0 Å². The summed E-state index contributed by atoms with van der Waals surface area (Å²) < 4.78 is 12.0. The standard InChI is InChI=1S/C28H34N2O5/c31-23-16-30(28(33)12-19-6-2-1-3-7-19)25-11-10-24(35-26(25)18-34-17-23)15-27(32)29-22-13-20-8-4-5-9-21(20)14-22/h1-9,22-26,31H,10-18H2,(H,29,32)/t23-,24+,25-,26+/m0/s1.